The van der Waals surface area contributed by atoms with E-state index in [-0.39, 0.29) is 23.3 Å². The van der Waals surface area contributed by atoms with Gasteiger partial charge < -0.3 is 4.90 Å². The number of nitrogens with zero attached hydrogens (tertiary/aromatic N) is 3. The Balaban J connectivity index is 1.47. The monoisotopic (exact) mass is 458 g/mol. The normalized spacial score (nSPS) is 16.1. The summed E-state index contributed by atoms with van der Waals surface area (Å²) in [5.41, 5.74) is 1.87. The van der Waals surface area contributed by atoms with Crippen molar-refractivity contribution in [1.82, 2.24) is 14.6 Å². The second kappa shape index (κ2) is 9.72. The number of anilines is 1. The van der Waals surface area contributed by atoms with E-state index in [1.165, 1.54) is 24.3 Å². The fourth-order valence-corrected chi connectivity index (χ4v) is 4.90. The van der Waals surface area contributed by atoms with E-state index in [0.29, 0.717) is 13.1 Å². The zero-order chi connectivity index (χ0) is 22.6. The van der Waals surface area contributed by atoms with Gasteiger partial charge in [-0.3, -0.25) is 9.88 Å². The Hall–Kier alpha value is -2.88. The van der Waals surface area contributed by atoms with Gasteiger partial charge in [-0.1, -0.05) is 6.07 Å². The third-order valence-corrected chi connectivity index (χ3v) is 7.05. The fraction of sp³-hybridized carbons (Fsp3) is 0.261. The smallest absolute Gasteiger partial charge is 0.240 e. The Labute approximate surface area is 186 Å². The minimum absolute atomic E-state index is 0.0185. The summed E-state index contributed by atoms with van der Waals surface area (Å²) in [4.78, 5) is 8.60. The van der Waals surface area contributed by atoms with Gasteiger partial charge in [0.25, 0.3) is 0 Å². The van der Waals surface area contributed by atoms with Crippen molar-refractivity contribution in [2.75, 3.05) is 37.6 Å². The van der Waals surface area contributed by atoms with E-state index in [9.17, 15) is 17.2 Å². The summed E-state index contributed by atoms with van der Waals surface area (Å²) < 4.78 is 54.5. The lowest BCUT2D eigenvalue weighted by Gasteiger charge is -2.40. The van der Waals surface area contributed by atoms with Crippen molar-refractivity contribution in [3.8, 4) is 0 Å². The topological polar surface area (TPSA) is 65.5 Å². The second-order valence-corrected chi connectivity index (χ2v) is 9.37. The lowest BCUT2D eigenvalue weighted by molar-refractivity contribution is 0.186. The number of halogens is 2. The highest BCUT2D eigenvalue weighted by Crippen LogP contribution is 2.24. The summed E-state index contributed by atoms with van der Waals surface area (Å²) in [5, 5.41) is 0. The molecule has 0 unspecified atom stereocenters. The van der Waals surface area contributed by atoms with Crippen LogP contribution in [0.4, 0.5) is 14.5 Å². The number of piperazine rings is 1. The van der Waals surface area contributed by atoms with Gasteiger partial charge in [0.05, 0.1) is 10.9 Å². The molecule has 1 fully saturated rings. The summed E-state index contributed by atoms with van der Waals surface area (Å²) in [6.07, 6.45) is 3.42. The molecular formula is C23H24F2N4O2S. The van der Waals surface area contributed by atoms with Gasteiger partial charge >= 0.3 is 0 Å². The van der Waals surface area contributed by atoms with Crippen LogP contribution in [-0.2, 0) is 10.0 Å². The van der Waals surface area contributed by atoms with Crippen LogP contribution in [0.2, 0.25) is 0 Å². The van der Waals surface area contributed by atoms with E-state index in [1.54, 1.807) is 24.5 Å². The number of aromatic nitrogens is 1. The SMILES string of the molecule is O=S(=O)(NC[C@@H](c1cccnc1)N1CCN(c2ccc(F)cc2)CC1)c1ccc(F)cc1. The molecule has 1 aliphatic heterocycles. The summed E-state index contributed by atoms with van der Waals surface area (Å²) >= 11 is 0. The molecule has 1 N–H and O–H groups in total. The molecule has 0 spiro atoms. The van der Waals surface area contributed by atoms with E-state index < -0.39 is 15.8 Å². The molecule has 168 valence electrons. The van der Waals surface area contributed by atoms with E-state index >= 15 is 0 Å². The number of nitrogens with one attached hydrogen (secondary N) is 1. The van der Waals surface area contributed by atoms with Gasteiger partial charge in [0.15, 0.2) is 0 Å². The third-order valence-electron chi connectivity index (χ3n) is 5.61. The molecule has 1 atom stereocenters. The molecule has 0 bridgehead atoms. The van der Waals surface area contributed by atoms with Gasteiger partial charge in [-0.05, 0) is 60.2 Å². The van der Waals surface area contributed by atoms with E-state index in [4.69, 9.17) is 0 Å². The molecule has 32 heavy (non-hydrogen) atoms. The molecule has 2 aromatic carbocycles. The van der Waals surface area contributed by atoms with Crippen molar-refractivity contribution in [2.45, 2.75) is 10.9 Å². The van der Waals surface area contributed by atoms with Gasteiger partial charge in [-0.2, -0.15) is 0 Å². The zero-order valence-electron chi connectivity index (χ0n) is 17.4. The van der Waals surface area contributed by atoms with Crippen LogP contribution in [0.15, 0.2) is 78.0 Å². The molecule has 0 radical (unpaired) electrons. The van der Waals surface area contributed by atoms with Crippen molar-refractivity contribution in [1.29, 1.82) is 0 Å². The largest absolute Gasteiger partial charge is 0.369 e. The summed E-state index contributed by atoms with van der Waals surface area (Å²) in [6, 6.07) is 14.7. The van der Waals surface area contributed by atoms with Crippen LogP contribution in [-0.4, -0.2) is 51.0 Å². The first-order valence-corrected chi connectivity index (χ1v) is 11.8. The van der Waals surface area contributed by atoms with E-state index in [1.807, 2.05) is 12.1 Å². The number of sulfonamides is 1. The summed E-state index contributed by atoms with van der Waals surface area (Å²) in [5.74, 6) is -0.756. The standard InChI is InChI=1S/C23H24F2N4O2S/c24-19-3-7-21(8-4-19)28-12-14-29(15-13-28)23(18-2-1-11-26-16-18)17-27-32(30,31)22-9-5-20(25)6-10-22/h1-11,16,23,27H,12-15,17H2/t23-/m0/s1. The minimum Gasteiger partial charge on any atom is -0.369 e. The average Bonchev–Trinajstić information content (AvgIpc) is 2.81. The Morgan fingerprint density at radius 3 is 2.12 bits per heavy atom. The van der Waals surface area contributed by atoms with Crippen LogP contribution in [0.3, 0.4) is 0 Å². The van der Waals surface area contributed by atoms with Gasteiger partial charge in [-0.25, -0.2) is 21.9 Å². The molecule has 1 saturated heterocycles. The molecule has 1 aliphatic rings. The van der Waals surface area contributed by atoms with Crippen LogP contribution in [0.1, 0.15) is 11.6 Å². The Bertz CT molecular complexity index is 1120. The molecule has 9 heteroatoms. The van der Waals surface area contributed by atoms with E-state index in [0.717, 1.165) is 36.5 Å². The Morgan fingerprint density at radius 1 is 0.906 bits per heavy atom. The third kappa shape index (κ3) is 5.29. The number of rotatable bonds is 7. The Morgan fingerprint density at radius 2 is 1.53 bits per heavy atom. The average molecular weight is 459 g/mol. The predicted molar refractivity (Wildman–Crippen MR) is 119 cm³/mol. The number of benzene rings is 2. The quantitative estimate of drug-likeness (QED) is 0.589. The molecule has 2 heterocycles. The Kier molecular flexibility index (Phi) is 6.78. The highest BCUT2D eigenvalue weighted by atomic mass is 32.2. The molecule has 0 aliphatic carbocycles. The van der Waals surface area contributed by atoms with Gasteiger partial charge in [0.2, 0.25) is 10.0 Å². The highest BCUT2D eigenvalue weighted by molar-refractivity contribution is 7.89. The zero-order valence-corrected chi connectivity index (χ0v) is 18.2. The van der Waals surface area contributed by atoms with Crippen molar-refractivity contribution in [2.24, 2.45) is 0 Å². The maximum atomic E-state index is 13.2. The van der Waals surface area contributed by atoms with Gasteiger partial charge in [-0.15, -0.1) is 0 Å². The second-order valence-electron chi connectivity index (χ2n) is 7.61. The van der Waals surface area contributed by atoms with Gasteiger partial charge in [0, 0.05) is 50.8 Å². The number of pyridine rings is 1. The molecule has 3 aromatic rings. The minimum atomic E-state index is -3.79. The van der Waals surface area contributed by atoms with E-state index in [2.05, 4.69) is 19.5 Å². The molecule has 4 rings (SSSR count). The molecule has 0 amide bonds. The first-order chi connectivity index (χ1) is 15.4. The molecular weight excluding hydrogens is 434 g/mol. The maximum absolute atomic E-state index is 13.2. The first kappa shape index (κ1) is 22.3. The van der Waals surface area contributed by atoms with Crippen molar-refractivity contribution in [3.63, 3.8) is 0 Å². The van der Waals surface area contributed by atoms with Crippen molar-refractivity contribution < 1.29 is 17.2 Å². The lowest BCUT2D eigenvalue weighted by atomic mass is 10.1. The summed E-state index contributed by atoms with van der Waals surface area (Å²) in [7, 11) is -3.79. The van der Waals surface area contributed by atoms with Crippen LogP contribution in [0.5, 0.6) is 0 Å². The van der Waals surface area contributed by atoms with Crippen LogP contribution >= 0.6 is 0 Å². The van der Waals surface area contributed by atoms with Crippen molar-refractivity contribution >= 4 is 15.7 Å². The predicted octanol–water partition coefficient (Wildman–Crippen LogP) is 3.20. The maximum Gasteiger partial charge on any atom is 0.240 e. The van der Waals surface area contributed by atoms with Gasteiger partial charge in [0.1, 0.15) is 11.6 Å². The molecule has 6 nitrogen and oxygen atoms in total. The first-order valence-electron chi connectivity index (χ1n) is 10.3. The lowest BCUT2D eigenvalue weighted by Crippen LogP contribution is -2.50. The highest BCUT2D eigenvalue weighted by Gasteiger charge is 2.27. The van der Waals surface area contributed by atoms with Crippen LogP contribution in [0.25, 0.3) is 0 Å². The molecule has 1 aromatic heterocycles. The summed E-state index contributed by atoms with van der Waals surface area (Å²) in [6.45, 7) is 3.02. The fourth-order valence-electron chi connectivity index (χ4n) is 3.86. The van der Waals surface area contributed by atoms with Crippen LogP contribution < -0.4 is 9.62 Å². The molecule has 0 saturated carbocycles. The number of hydrogen-bond donors (Lipinski definition) is 1. The van der Waals surface area contributed by atoms with Crippen molar-refractivity contribution in [3.05, 3.63) is 90.3 Å². The number of hydrogen-bond acceptors (Lipinski definition) is 5. The van der Waals surface area contributed by atoms with Crippen LogP contribution in [0, 0.1) is 11.6 Å².